The third kappa shape index (κ3) is 3.73. The van der Waals surface area contributed by atoms with Crippen LogP contribution in [-0.2, 0) is 6.42 Å². The Balaban J connectivity index is 1.72. The molecule has 4 nitrogen and oxygen atoms in total. The molecule has 110 valence electrons. The second kappa shape index (κ2) is 6.75. The summed E-state index contributed by atoms with van der Waals surface area (Å²) in [6.45, 7) is 5.27. The maximum absolute atomic E-state index is 8.83. The number of hydrogen-bond donors (Lipinski definition) is 2. The fourth-order valence-corrected chi connectivity index (χ4v) is 2.80. The number of oxime groups is 1. The second-order valence-electron chi connectivity index (χ2n) is 5.98. The Morgan fingerprint density at radius 1 is 1.30 bits per heavy atom. The topological polar surface area (TPSA) is 61.9 Å². The summed E-state index contributed by atoms with van der Waals surface area (Å²) < 4.78 is 0. The average molecular weight is 275 g/mol. The van der Waals surface area contributed by atoms with Gasteiger partial charge in [0, 0.05) is 5.41 Å². The zero-order valence-corrected chi connectivity index (χ0v) is 12.3. The van der Waals surface area contributed by atoms with Gasteiger partial charge in [0.05, 0.1) is 0 Å². The van der Waals surface area contributed by atoms with Gasteiger partial charge in [-0.1, -0.05) is 42.4 Å². The highest BCUT2D eigenvalue weighted by Gasteiger charge is 2.33. The molecule has 1 heterocycles. The van der Waals surface area contributed by atoms with Crippen molar-refractivity contribution in [2.45, 2.75) is 32.6 Å². The maximum Gasteiger partial charge on any atom is 0.145 e. The van der Waals surface area contributed by atoms with E-state index in [4.69, 9.17) is 10.9 Å². The van der Waals surface area contributed by atoms with Crippen LogP contribution in [0.4, 0.5) is 0 Å². The van der Waals surface area contributed by atoms with Crippen molar-refractivity contribution < 1.29 is 5.21 Å². The predicted molar refractivity (Wildman–Crippen MR) is 82.0 cm³/mol. The summed E-state index contributed by atoms with van der Waals surface area (Å²) in [6, 6.07) is 10.6. The van der Waals surface area contributed by atoms with E-state index >= 15 is 0 Å². The van der Waals surface area contributed by atoms with Crippen LogP contribution >= 0.6 is 0 Å². The largest absolute Gasteiger partial charge is 0.409 e. The standard InChI is InChI=1S/C16H25N3O/c1-16(15(17)18-20)9-12-19(13-10-16)11-5-8-14-6-3-2-4-7-14/h2-4,6-7,20H,5,8-13H2,1H3,(H2,17,18). The van der Waals surface area contributed by atoms with E-state index < -0.39 is 0 Å². The van der Waals surface area contributed by atoms with Gasteiger partial charge in [-0.3, -0.25) is 0 Å². The number of nitrogens with two attached hydrogens (primary N) is 1. The third-order valence-corrected chi connectivity index (χ3v) is 4.47. The molecule has 0 atom stereocenters. The third-order valence-electron chi connectivity index (χ3n) is 4.47. The molecule has 1 aliphatic rings. The number of hydrogen-bond acceptors (Lipinski definition) is 3. The first-order chi connectivity index (χ1) is 9.64. The molecule has 0 amide bonds. The van der Waals surface area contributed by atoms with Crippen LogP contribution in [0.5, 0.6) is 0 Å². The van der Waals surface area contributed by atoms with Crippen LogP contribution in [0.1, 0.15) is 31.7 Å². The van der Waals surface area contributed by atoms with Gasteiger partial charge >= 0.3 is 0 Å². The molecule has 1 aromatic carbocycles. The van der Waals surface area contributed by atoms with Crippen molar-refractivity contribution in [1.82, 2.24) is 4.90 Å². The summed E-state index contributed by atoms with van der Waals surface area (Å²) in [7, 11) is 0. The maximum atomic E-state index is 8.83. The number of likely N-dealkylation sites (tertiary alicyclic amines) is 1. The minimum absolute atomic E-state index is 0.134. The van der Waals surface area contributed by atoms with Gasteiger partial charge in [-0.25, -0.2) is 0 Å². The second-order valence-corrected chi connectivity index (χ2v) is 5.98. The van der Waals surface area contributed by atoms with Crippen molar-refractivity contribution in [2.24, 2.45) is 16.3 Å². The molecule has 1 aromatic rings. The van der Waals surface area contributed by atoms with E-state index in [1.165, 1.54) is 12.0 Å². The van der Waals surface area contributed by atoms with Crippen LogP contribution in [0, 0.1) is 5.41 Å². The number of amidine groups is 1. The monoisotopic (exact) mass is 275 g/mol. The average Bonchev–Trinajstić information content (AvgIpc) is 2.49. The number of aryl methyl sites for hydroxylation is 1. The first kappa shape index (κ1) is 14.9. The molecule has 4 heteroatoms. The van der Waals surface area contributed by atoms with Crippen LogP contribution in [0.2, 0.25) is 0 Å². The fraction of sp³-hybridized carbons (Fsp3) is 0.562. The smallest absolute Gasteiger partial charge is 0.145 e. The summed E-state index contributed by atoms with van der Waals surface area (Å²) in [4.78, 5) is 2.48. The molecule has 1 aliphatic heterocycles. The Morgan fingerprint density at radius 2 is 1.95 bits per heavy atom. The Hall–Kier alpha value is -1.55. The molecule has 0 radical (unpaired) electrons. The van der Waals surface area contributed by atoms with E-state index in [0.29, 0.717) is 5.84 Å². The van der Waals surface area contributed by atoms with Gasteiger partial charge in [-0.2, -0.15) is 0 Å². The summed E-state index contributed by atoms with van der Waals surface area (Å²) in [5.74, 6) is 0.376. The van der Waals surface area contributed by atoms with Crippen molar-refractivity contribution in [2.75, 3.05) is 19.6 Å². The Bertz CT molecular complexity index is 436. The van der Waals surface area contributed by atoms with E-state index in [9.17, 15) is 0 Å². The number of piperidine rings is 1. The van der Waals surface area contributed by atoms with Gasteiger partial charge in [0.15, 0.2) is 0 Å². The van der Waals surface area contributed by atoms with Crippen molar-refractivity contribution in [3.8, 4) is 0 Å². The van der Waals surface area contributed by atoms with Crippen molar-refractivity contribution in [3.05, 3.63) is 35.9 Å². The number of rotatable bonds is 5. The van der Waals surface area contributed by atoms with E-state index in [1.54, 1.807) is 0 Å². The molecular weight excluding hydrogens is 250 g/mol. The fourth-order valence-electron chi connectivity index (χ4n) is 2.80. The van der Waals surface area contributed by atoms with Crippen LogP contribution < -0.4 is 5.73 Å². The molecule has 2 rings (SSSR count). The first-order valence-corrected chi connectivity index (χ1v) is 7.38. The minimum atomic E-state index is -0.134. The predicted octanol–water partition coefficient (Wildman–Crippen LogP) is 2.47. The summed E-state index contributed by atoms with van der Waals surface area (Å²) >= 11 is 0. The highest BCUT2D eigenvalue weighted by Crippen LogP contribution is 2.31. The van der Waals surface area contributed by atoms with E-state index in [-0.39, 0.29) is 5.41 Å². The van der Waals surface area contributed by atoms with Crippen molar-refractivity contribution in [3.63, 3.8) is 0 Å². The molecule has 0 spiro atoms. The quantitative estimate of drug-likeness (QED) is 0.375. The van der Waals surface area contributed by atoms with E-state index in [1.807, 2.05) is 0 Å². The first-order valence-electron chi connectivity index (χ1n) is 7.38. The van der Waals surface area contributed by atoms with Crippen LogP contribution in [-0.4, -0.2) is 35.6 Å². The lowest BCUT2D eigenvalue weighted by molar-refractivity contribution is 0.158. The molecule has 0 unspecified atom stereocenters. The Kier molecular flexibility index (Phi) is 5.01. The molecule has 20 heavy (non-hydrogen) atoms. The molecule has 3 N–H and O–H groups in total. The van der Waals surface area contributed by atoms with Crippen molar-refractivity contribution in [1.29, 1.82) is 0 Å². The molecular formula is C16H25N3O. The van der Waals surface area contributed by atoms with Gasteiger partial charge in [0.25, 0.3) is 0 Å². The zero-order valence-electron chi connectivity index (χ0n) is 12.3. The highest BCUT2D eigenvalue weighted by atomic mass is 16.4. The highest BCUT2D eigenvalue weighted by molar-refractivity contribution is 5.85. The van der Waals surface area contributed by atoms with Gasteiger partial charge in [-0.05, 0) is 50.9 Å². The normalized spacial score (nSPS) is 19.9. The lowest BCUT2D eigenvalue weighted by Gasteiger charge is -2.38. The van der Waals surface area contributed by atoms with Gasteiger partial charge in [0.1, 0.15) is 5.84 Å². The SMILES string of the molecule is CC1(/C(N)=N/O)CCN(CCCc2ccccc2)CC1. The molecule has 0 aliphatic carbocycles. The zero-order chi connectivity index (χ0) is 14.4. The van der Waals surface area contributed by atoms with Crippen LogP contribution in [0.3, 0.4) is 0 Å². The van der Waals surface area contributed by atoms with Crippen LogP contribution in [0.15, 0.2) is 35.5 Å². The van der Waals surface area contributed by atoms with E-state index in [0.717, 1.165) is 38.9 Å². The van der Waals surface area contributed by atoms with Crippen LogP contribution in [0.25, 0.3) is 0 Å². The molecule has 0 aromatic heterocycles. The molecule has 0 bridgehead atoms. The Morgan fingerprint density at radius 3 is 2.55 bits per heavy atom. The summed E-state index contributed by atoms with van der Waals surface area (Å²) in [5.41, 5.74) is 7.06. The lowest BCUT2D eigenvalue weighted by atomic mass is 9.79. The summed E-state index contributed by atoms with van der Waals surface area (Å²) in [5, 5.41) is 12.0. The minimum Gasteiger partial charge on any atom is -0.409 e. The van der Waals surface area contributed by atoms with Gasteiger partial charge < -0.3 is 15.8 Å². The summed E-state index contributed by atoms with van der Waals surface area (Å²) in [6.07, 6.45) is 4.25. The molecule has 1 fully saturated rings. The lowest BCUT2D eigenvalue weighted by Crippen LogP contribution is -2.45. The molecule has 1 saturated heterocycles. The number of nitrogens with zero attached hydrogens (tertiary/aromatic N) is 2. The molecule has 0 saturated carbocycles. The Labute approximate surface area is 121 Å². The van der Waals surface area contributed by atoms with E-state index in [2.05, 4.69) is 47.3 Å². The van der Waals surface area contributed by atoms with Gasteiger partial charge in [-0.15, -0.1) is 0 Å². The van der Waals surface area contributed by atoms with Crippen molar-refractivity contribution >= 4 is 5.84 Å². The number of benzene rings is 1. The van der Waals surface area contributed by atoms with Gasteiger partial charge in [0.2, 0.25) is 0 Å².